The first-order valence-corrected chi connectivity index (χ1v) is 8.93. The molecule has 144 valence electrons. The SMILES string of the molecule is CC(C)(C)CC(C)(C)[C@@H](C(=O)O)N1CCN(Cc2cccc(F)c2)C1=O. The van der Waals surface area contributed by atoms with Crippen LogP contribution < -0.4 is 0 Å². The van der Waals surface area contributed by atoms with E-state index in [2.05, 4.69) is 20.8 Å². The van der Waals surface area contributed by atoms with Gasteiger partial charge in [-0.1, -0.05) is 46.8 Å². The summed E-state index contributed by atoms with van der Waals surface area (Å²) in [6.45, 7) is 11.1. The van der Waals surface area contributed by atoms with Crippen molar-refractivity contribution in [2.45, 2.75) is 53.6 Å². The van der Waals surface area contributed by atoms with E-state index >= 15 is 0 Å². The summed E-state index contributed by atoms with van der Waals surface area (Å²) < 4.78 is 13.4. The minimum absolute atomic E-state index is 0.0543. The Hall–Kier alpha value is -2.11. The van der Waals surface area contributed by atoms with Gasteiger partial charge in [-0.3, -0.25) is 0 Å². The quantitative estimate of drug-likeness (QED) is 0.830. The van der Waals surface area contributed by atoms with Gasteiger partial charge in [0.25, 0.3) is 0 Å². The van der Waals surface area contributed by atoms with Crippen molar-refractivity contribution in [1.82, 2.24) is 9.80 Å². The Kier molecular flexibility index (Phi) is 5.64. The van der Waals surface area contributed by atoms with Crippen LogP contribution in [0.1, 0.15) is 46.6 Å². The zero-order valence-electron chi connectivity index (χ0n) is 16.3. The van der Waals surface area contributed by atoms with Crippen LogP contribution >= 0.6 is 0 Å². The average Bonchev–Trinajstić information content (AvgIpc) is 2.77. The maximum atomic E-state index is 13.4. The van der Waals surface area contributed by atoms with Crippen LogP contribution in [0.15, 0.2) is 24.3 Å². The van der Waals surface area contributed by atoms with Crippen LogP contribution in [0, 0.1) is 16.6 Å². The molecule has 2 rings (SSSR count). The van der Waals surface area contributed by atoms with Gasteiger partial charge >= 0.3 is 12.0 Å². The molecule has 0 bridgehead atoms. The van der Waals surface area contributed by atoms with Crippen LogP contribution in [0.3, 0.4) is 0 Å². The molecule has 0 unspecified atom stereocenters. The highest BCUT2D eigenvalue weighted by molar-refractivity contribution is 5.84. The molecule has 26 heavy (non-hydrogen) atoms. The zero-order valence-corrected chi connectivity index (χ0v) is 16.3. The molecule has 1 saturated heterocycles. The third-order valence-corrected chi connectivity index (χ3v) is 4.66. The number of carboxylic acids is 1. The van der Waals surface area contributed by atoms with E-state index in [-0.39, 0.29) is 23.8 Å². The Bertz CT molecular complexity index is 682. The van der Waals surface area contributed by atoms with Crippen LogP contribution in [0.2, 0.25) is 0 Å². The lowest BCUT2D eigenvalue weighted by Gasteiger charge is -2.40. The van der Waals surface area contributed by atoms with Gasteiger partial charge in [0.05, 0.1) is 0 Å². The second kappa shape index (κ2) is 7.25. The molecule has 0 saturated carbocycles. The fourth-order valence-corrected chi connectivity index (χ4v) is 4.20. The standard InChI is InChI=1S/C20H29FN2O3/c1-19(2,3)13-20(4,5)16(17(24)25)23-10-9-22(18(23)26)12-14-7-6-8-15(21)11-14/h6-8,11,16H,9-10,12-13H2,1-5H3,(H,24,25)/t16-/m1/s1. The summed E-state index contributed by atoms with van der Waals surface area (Å²) in [5.74, 6) is -1.33. The lowest BCUT2D eigenvalue weighted by molar-refractivity contribution is -0.147. The van der Waals surface area contributed by atoms with Gasteiger partial charge in [-0.25, -0.2) is 14.0 Å². The summed E-state index contributed by atoms with van der Waals surface area (Å²) >= 11 is 0. The highest BCUT2D eigenvalue weighted by atomic mass is 19.1. The smallest absolute Gasteiger partial charge is 0.327 e. The van der Waals surface area contributed by atoms with Crippen molar-refractivity contribution in [2.75, 3.05) is 13.1 Å². The topological polar surface area (TPSA) is 60.9 Å². The molecule has 0 aromatic heterocycles. The zero-order chi connectivity index (χ0) is 19.7. The Labute approximate surface area is 154 Å². The largest absolute Gasteiger partial charge is 0.480 e. The maximum absolute atomic E-state index is 13.4. The molecular formula is C20H29FN2O3. The Morgan fingerprint density at radius 2 is 1.88 bits per heavy atom. The van der Waals surface area contributed by atoms with E-state index in [0.29, 0.717) is 25.1 Å². The molecule has 1 aromatic rings. The van der Waals surface area contributed by atoms with Crippen molar-refractivity contribution in [1.29, 1.82) is 0 Å². The number of halogens is 1. The summed E-state index contributed by atoms with van der Waals surface area (Å²) in [4.78, 5) is 27.9. The van der Waals surface area contributed by atoms with Crippen LogP contribution in [-0.2, 0) is 11.3 Å². The first kappa shape index (κ1) is 20.2. The van der Waals surface area contributed by atoms with Crippen LogP contribution in [-0.4, -0.2) is 46.0 Å². The second-order valence-corrected chi connectivity index (χ2v) is 8.99. The minimum Gasteiger partial charge on any atom is -0.480 e. The molecule has 1 aliphatic heterocycles. The molecule has 0 radical (unpaired) electrons. The van der Waals surface area contributed by atoms with E-state index in [1.54, 1.807) is 17.0 Å². The number of aliphatic carboxylic acids is 1. The lowest BCUT2D eigenvalue weighted by atomic mass is 9.71. The summed E-state index contributed by atoms with van der Waals surface area (Å²) in [5.41, 5.74) is 0.0663. The Morgan fingerprint density at radius 1 is 1.23 bits per heavy atom. The van der Waals surface area contributed by atoms with Crippen molar-refractivity contribution in [3.05, 3.63) is 35.6 Å². The predicted octanol–water partition coefficient (Wildman–Crippen LogP) is 3.98. The molecule has 1 heterocycles. The van der Waals surface area contributed by atoms with E-state index in [1.807, 2.05) is 13.8 Å². The number of carbonyl (C=O) groups is 2. The van der Waals surface area contributed by atoms with Crippen LogP contribution in [0.25, 0.3) is 0 Å². The lowest BCUT2D eigenvalue weighted by Crippen LogP contribution is -2.52. The fraction of sp³-hybridized carbons (Fsp3) is 0.600. The van der Waals surface area contributed by atoms with Gasteiger partial charge in [-0.15, -0.1) is 0 Å². The third kappa shape index (κ3) is 4.74. The number of benzene rings is 1. The van der Waals surface area contributed by atoms with Crippen molar-refractivity contribution >= 4 is 12.0 Å². The molecule has 1 fully saturated rings. The van der Waals surface area contributed by atoms with Gasteiger partial charge in [0.1, 0.15) is 11.9 Å². The summed E-state index contributed by atoms with van der Waals surface area (Å²) in [7, 11) is 0. The molecule has 6 heteroatoms. The first-order valence-electron chi connectivity index (χ1n) is 8.93. The van der Waals surface area contributed by atoms with E-state index < -0.39 is 17.4 Å². The van der Waals surface area contributed by atoms with E-state index in [0.717, 1.165) is 0 Å². The van der Waals surface area contributed by atoms with Gasteiger partial charge < -0.3 is 14.9 Å². The predicted molar refractivity (Wildman–Crippen MR) is 98.2 cm³/mol. The number of amides is 2. The third-order valence-electron chi connectivity index (χ3n) is 4.66. The highest BCUT2D eigenvalue weighted by Gasteiger charge is 2.46. The summed E-state index contributed by atoms with van der Waals surface area (Å²) in [6.07, 6.45) is 0.671. The van der Waals surface area contributed by atoms with Crippen molar-refractivity contribution in [2.24, 2.45) is 10.8 Å². The molecule has 0 spiro atoms. The highest BCUT2D eigenvalue weighted by Crippen LogP contribution is 2.39. The Morgan fingerprint density at radius 3 is 2.42 bits per heavy atom. The summed E-state index contributed by atoms with van der Waals surface area (Å²) in [6, 6.07) is 4.92. The van der Waals surface area contributed by atoms with E-state index in [1.165, 1.54) is 17.0 Å². The Balaban J connectivity index is 2.18. The average molecular weight is 364 g/mol. The molecule has 0 aliphatic carbocycles. The monoisotopic (exact) mass is 364 g/mol. The van der Waals surface area contributed by atoms with Gasteiger partial charge in [0.2, 0.25) is 0 Å². The maximum Gasteiger partial charge on any atom is 0.327 e. The number of carbonyl (C=O) groups excluding carboxylic acids is 1. The van der Waals surface area contributed by atoms with Gasteiger partial charge in [-0.2, -0.15) is 0 Å². The van der Waals surface area contributed by atoms with Crippen molar-refractivity contribution < 1.29 is 19.1 Å². The molecule has 2 amide bonds. The molecular weight excluding hydrogens is 335 g/mol. The second-order valence-electron chi connectivity index (χ2n) is 8.99. The normalized spacial score (nSPS) is 16.9. The molecule has 1 aliphatic rings. The number of rotatable bonds is 6. The molecule has 1 aromatic carbocycles. The van der Waals surface area contributed by atoms with Gasteiger partial charge in [0.15, 0.2) is 0 Å². The number of carboxylic acid groups (broad SMARTS) is 1. The van der Waals surface area contributed by atoms with Crippen LogP contribution in [0.5, 0.6) is 0 Å². The summed E-state index contributed by atoms with van der Waals surface area (Å²) in [5, 5.41) is 9.83. The van der Waals surface area contributed by atoms with E-state index in [9.17, 15) is 19.1 Å². The first-order chi connectivity index (χ1) is 11.9. The molecule has 5 nitrogen and oxygen atoms in total. The van der Waals surface area contributed by atoms with Gasteiger partial charge in [0, 0.05) is 19.6 Å². The number of urea groups is 1. The van der Waals surface area contributed by atoms with Gasteiger partial charge in [-0.05, 0) is 34.9 Å². The number of hydrogen-bond donors (Lipinski definition) is 1. The molecule has 1 atom stereocenters. The fourth-order valence-electron chi connectivity index (χ4n) is 4.20. The minimum atomic E-state index is -0.986. The van der Waals surface area contributed by atoms with Crippen molar-refractivity contribution in [3.63, 3.8) is 0 Å². The number of nitrogens with zero attached hydrogens (tertiary/aromatic N) is 2. The number of hydrogen-bond acceptors (Lipinski definition) is 2. The van der Waals surface area contributed by atoms with Crippen LogP contribution in [0.4, 0.5) is 9.18 Å². The van der Waals surface area contributed by atoms with Crippen molar-refractivity contribution in [3.8, 4) is 0 Å². The van der Waals surface area contributed by atoms with E-state index in [4.69, 9.17) is 0 Å². The molecule has 1 N–H and O–H groups in total.